The number of halogens is 1. The molecule has 0 fully saturated rings. The molecular formula is C17H18FNO. The second-order valence-electron chi connectivity index (χ2n) is 5.26. The third kappa shape index (κ3) is 1.94. The van der Waals surface area contributed by atoms with Crippen LogP contribution in [0.4, 0.5) is 4.39 Å². The topological polar surface area (TPSA) is 23.5 Å². The van der Waals surface area contributed by atoms with Gasteiger partial charge in [0, 0.05) is 24.2 Å². The van der Waals surface area contributed by atoms with Gasteiger partial charge in [0.1, 0.15) is 5.82 Å². The van der Waals surface area contributed by atoms with Gasteiger partial charge in [0.15, 0.2) is 5.72 Å². The normalized spacial score (nSPS) is 21.9. The number of rotatable bonds is 3. The Morgan fingerprint density at radius 3 is 2.55 bits per heavy atom. The van der Waals surface area contributed by atoms with Crippen LogP contribution >= 0.6 is 0 Å². The van der Waals surface area contributed by atoms with Gasteiger partial charge in [0.2, 0.25) is 0 Å². The maximum atomic E-state index is 13.1. The number of hydrogen-bond acceptors (Lipinski definition) is 2. The van der Waals surface area contributed by atoms with Crippen LogP contribution in [0.2, 0.25) is 0 Å². The van der Waals surface area contributed by atoms with Crippen LogP contribution in [0.3, 0.4) is 0 Å². The molecule has 3 rings (SSSR count). The molecule has 20 heavy (non-hydrogen) atoms. The summed E-state index contributed by atoms with van der Waals surface area (Å²) >= 11 is 0. The summed E-state index contributed by atoms with van der Waals surface area (Å²) < 4.78 is 13.1. The van der Waals surface area contributed by atoms with E-state index in [4.69, 9.17) is 0 Å². The van der Waals surface area contributed by atoms with Crippen LogP contribution in [0, 0.1) is 5.82 Å². The highest BCUT2D eigenvalue weighted by molar-refractivity contribution is 5.44. The Balaban J connectivity index is 2.13. The van der Waals surface area contributed by atoms with E-state index >= 15 is 0 Å². The van der Waals surface area contributed by atoms with Crippen molar-refractivity contribution in [3.05, 3.63) is 71.0 Å². The number of nitrogens with zero attached hydrogens (tertiary/aromatic N) is 1. The fourth-order valence-corrected chi connectivity index (χ4v) is 3.02. The Kier molecular flexibility index (Phi) is 3.32. The zero-order valence-corrected chi connectivity index (χ0v) is 11.5. The van der Waals surface area contributed by atoms with E-state index in [1.54, 1.807) is 12.1 Å². The third-order valence-corrected chi connectivity index (χ3v) is 3.95. The van der Waals surface area contributed by atoms with E-state index in [1.165, 1.54) is 12.1 Å². The minimum Gasteiger partial charge on any atom is -0.367 e. The number of benzene rings is 2. The molecule has 1 atom stereocenters. The SMILES string of the molecule is CCCN1Cc2ccccc2C1(O)c1ccc(F)cc1. The van der Waals surface area contributed by atoms with Gasteiger partial charge in [-0.3, -0.25) is 4.90 Å². The molecule has 0 spiro atoms. The fourth-order valence-electron chi connectivity index (χ4n) is 3.02. The van der Waals surface area contributed by atoms with Crippen molar-refractivity contribution < 1.29 is 9.50 Å². The van der Waals surface area contributed by atoms with Crippen molar-refractivity contribution in [1.29, 1.82) is 0 Å². The van der Waals surface area contributed by atoms with E-state index in [0.717, 1.165) is 36.2 Å². The van der Waals surface area contributed by atoms with Crippen LogP contribution < -0.4 is 0 Å². The van der Waals surface area contributed by atoms with Gasteiger partial charge < -0.3 is 5.11 Å². The van der Waals surface area contributed by atoms with Gasteiger partial charge in [-0.25, -0.2) is 4.39 Å². The lowest BCUT2D eigenvalue weighted by Gasteiger charge is -2.34. The molecule has 0 bridgehead atoms. The van der Waals surface area contributed by atoms with Gasteiger partial charge in [0.05, 0.1) is 0 Å². The summed E-state index contributed by atoms with van der Waals surface area (Å²) in [5.41, 5.74) is 1.60. The average molecular weight is 271 g/mol. The largest absolute Gasteiger partial charge is 0.367 e. The predicted molar refractivity (Wildman–Crippen MR) is 76.5 cm³/mol. The van der Waals surface area contributed by atoms with Gasteiger partial charge in [-0.2, -0.15) is 0 Å². The summed E-state index contributed by atoms with van der Waals surface area (Å²) in [5.74, 6) is -0.286. The molecule has 1 N–H and O–H groups in total. The lowest BCUT2D eigenvalue weighted by atomic mass is 9.94. The van der Waals surface area contributed by atoms with Crippen LogP contribution in [0.5, 0.6) is 0 Å². The van der Waals surface area contributed by atoms with Crippen molar-refractivity contribution in [2.24, 2.45) is 0 Å². The summed E-state index contributed by atoms with van der Waals surface area (Å²) in [4.78, 5) is 2.05. The smallest absolute Gasteiger partial charge is 0.171 e. The highest BCUT2D eigenvalue weighted by Gasteiger charge is 2.44. The van der Waals surface area contributed by atoms with E-state index in [-0.39, 0.29) is 5.82 Å². The molecule has 1 heterocycles. The molecule has 2 aromatic carbocycles. The first-order chi connectivity index (χ1) is 9.66. The Bertz CT molecular complexity index is 611. The fraction of sp³-hybridized carbons (Fsp3) is 0.294. The third-order valence-electron chi connectivity index (χ3n) is 3.95. The van der Waals surface area contributed by atoms with E-state index in [9.17, 15) is 9.50 Å². The average Bonchev–Trinajstić information content (AvgIpc) is 2.75. The monoisotopic (exact) mass is 271 g/mol. The summed E-state index contributed by atoms with van der Waals surface area (Å²) in [6, 6.07) is 14.0. The minimum absolute atomic E-state index is 0.286. The van der Waals surface area contributed by atoms with Crippen molar-refractivity contribution in [1.82, 2.24) is 4.90 Å². The van der Waals surface area contributed by atoms with Crippen LogP contribution in [-0.2, 0) is 12.3 Å². The maximum Gasteiger partial charge on any atom is 0.171 e. The summed E-state index contributed by atoms with van der Waals surface area (Å²) in [7, 11) is 0. The molecule has 1 unspecified atom stereocenters. The lowest BCUT2D eigenvalue weighted by molar-refractivity contribution is -0.0699. The Labute approximate surface area is 118 Å². The molecule has 2 nitrogen and oxygen atoms in total. The quantitative estimate of drug-likeness (QED) is 0.926. The van der Waals surface area contributed by atoms with E-state index < -0.39 is 5.72 Å². The van der Waals surface area contributed by atoms with Crippen molar-refractivity contribution in [3.8, 4) is 0 Å². The molecule has 0 radical (unpaired) electrons. The van der Waals surface area contributed by atoms with Crippen molar-refractivity contribution >= 4 is 0 Å². The van der Waals surface area contributed by atoms with Gasteiger partial charge in [-0.05, 0) is 24.1 Å². The van der Waals surface area contributed by atoms with E-state index in [0.29, 0.717) is 0 Å². The van der Waals surface area contributed by atoms with Crippen LogP contribution in [0.1, 0.15) is 30.0 Å². The molecule has 0 amide bonds. The molecule has 2 aromatic rings. The zero-order chi connectivity index (χ0) is 14.2. The Morgan fingerprint density at radius 1 is 1.15 bits per heavy atom. The lowest BCUT2D eigenvalue weighted by Crippen LogP contribution is -2.42. The molecule has 1 aliphatic rings. The zero-order valence-electron chi connectivity index (χ0n) is 11.5. The summed E-state index contributed by atoms with van der Waals surface area (Å²) in [6.45, 7) is 3.61. The molecule has 0 saturated carbocycles. The van der Waals surface area contributed by atoms with Gasteiger partial charge in [-0.15, -0.1) is 0 Å². The van der Waals surface area contributed by atoms with Crippen molar-refractivity contribution in [3.63, 3.8) is 0 Å². The van der Waals surface area contributed by atoms with E-state index in [2.05, 4.69) is 6.92 Å². The molecule has 0 saturated heterocycles. The molecule has 0 aromatic heterocycles. The van der Waals surface area contributed by atoms with Crippen LogP contribution in [0.15, 0.2) is 48.5 Å². The van der Waals surface area contributed by atoms with Gasteiger partial charge >= 0.3 is 0 Å². The number of hydrogen-bond donors (Lipinski definition) is 1. The number of aliphatic hydroxyl groups is 1. The molecule has 104 valence electrons. The summed E-state index contributed by atoms with van der Waals surface area (Å²) in [6.07, 6.45) is 0.956. The second kappa shape index (κ2) is 5.00. The molecule has 1 aliphatic heterocycles. The van der Waals surface area contributed by atoms with Crippen LogP contribution in [0.25, 0.3) is 0 Å². The molecule has 0 aliphatic carbocycles. The first-order valence-corrected chi connectivity index (χ1v) is 6.98. The van der Waals surface area contributed by atoms with Gasteiger partial charge in [0.25, 0.3) is 0 Å². The minimum atomic E-state index is -1.15. The maximum absolute atomic E-state index is 13.1. The van der Waals surface area contributed by atoms with Crippen molar-refractivity contribution in [2.45, 2.75) is 25.6 Å². The predicted octanol–water partition coefficient (Wildman–Crippen LogP) is 3.24. The molecular weight excluding hydrogens is 253 g/mol. The standard InChI is InChI=1S/C17H18FNO/c1-2-11-19-12-13-5-3-4-6-16(13)17(19,20)14-7-9-15(18)10-8-14/h3-10,20H,2,11-12H2,1H3. The summed E-state index contributed by atoms with van der Waals surface area (Å²) in [5, 5.41) is 11.3. The van der Waals surface area contributed by atoms with Gasteiger partial charge in [-0.1, -0.05) is 43.3 Å². The highest BCUT2D eigenvalue weighted by Crippen LogP contribution is 2.42. The Hall–Kier alpha value is -1.71. The first-order valence-electron chi connectivity index (χ1n) is 6.98. The highest BCUT2D eigenvalue weighted by atomic mass is 19.1. The van der Waals surface area contributed by atoms with Crippen molar-refractivity contribution in [2.75, 3.05) is 6.54 Å². The Morgan fingerprint density at radius 2 is 1.85 bits per heavy atom. The van der Waals surface area contributed by atoms with E-state index in [1.807, 2.05) is 29.2 Å². The van der Waals surface area contributed by atoms with Crippen LogP contribution in [-0.4, -0.2) is 16.6 Å². The first kappa shape index (κ1) is 13.3. The molecule has 3 heteroatoms. The number of fused-ring (bicyclic) bond motifs is 1. The second-order valence-corrected chi connectivity index (χ2v) is 5.26.